The van der Waals surface area contributed by atoms with Crippen LogP contribution in [0.4, 0.5) is 4.79 Å². The summed E-state index contributed by atoms with van der Waals surface area (Å²) in [5.41, 5.74) is 0.947. The average molecular weight is 337 g/mol. The lowest BCUT2D eigenvalue weighted by Gasteiger charge is -2.10. The summed E-state index contributed by atoms with van der Waals surface area (Å²) in [6.07, 6.45) is 1.95. The standard InChI is InChI=1S/C18H27NO5/c1-2-23-17(21)13-16(20)11-7-4-8-12-19-18(22)24-14-15-9-5-3-6-10-15/h3,5-6,9-10,16,20H,2,4,7-8,11-14H2,1H3,(H,19,22). The lowest BCUT2D eigenvalue weighted by atomic mass is 10.1. The van der Waals surface area contributed by atoms with Crippen LogP contribution in [0.5, 0.6) is 0 Å². The molecule has 1 aromatic rings. The van der Waals surface area contributed by atoms with Crippen molar-refractivity contribution >= 4 is 12.1 Å². The van der Waals surface area contributed by atoms with Crippen LogP contribution in [-0.2, 0) is 20.9 Å². The van der Waals surface area contributed by atoms with Crippen molar-refractivity contribution in [3.63, 3.8) is 0 Å². The van der Waals surface area contributed by atoms with Gasteiger partial charge in [-0.1, -0.05) is 43.2 Å². The van der Waals surface area contributed by atoms with Gasteiger partial charge < -0.3 is 19.9 Å². The summed E-state index contributed by atoms with van der Waals surface area (Å²) in [6, 6.07) is 9.50. The zero-order valence-electron chi connectivity index (χ0n) is 14.2. The minimum absolute atomic E-state index is 0.0396. The van der Waals surface area contributed by atoms with Crippen molar-refractivity contribution in [3.05, 3.63) is 35.9 Å². The first kappa shape index (κ1) is 20.0. The van der Waals surface area contributed by atoms with Gasteiger partial charge >= 0.3 is 12.1 Å². The highest BCUT2D eigenvalue weighted by Crippen LogP contribution is 2.07. The molecule has 2 N–H and O–H groups in total. The maximum atomic E-state index is 11.5. The number of esters is 1. The number of amides is 1. The molecule has 0 aliphatic carbocycles. The Balaban J connectivity index is 1.97. The van der Waals surface area contributed by atoms with Crippen LogP contribution in [0.25, 0.3) is 0 Å². The number of carbonyl (C=O) groups excluding carboxylic acids is 2. The zero-order chi connectivity index (χ0) is 17.6. The molecule has 0 radical (unpaired) electrons. The third-order valence-electron chi connectivity index (χ3n) is 3.40. The van der Waals surface area contributed by atoms with E-state index in [0.717, 1.165) is 24.8 Å². The van der Waals surface area contributed by atoms with Gasteiger partial charge in [0, 0.05) is 6.54 Å². The van der Waals surface area contributed by atoms with E-state index in [2.05, 4.69) is 5.32 Å². The lowest BCUT2D eigenvalue weighted by Crippen LogP contribution is -2.25. The highest BCUT2D eigenvalue weighted by atomic mass is 16.5. The van der Waals surface area contributed by atoms with Crippen molar-refractivity contribution in [2.75, 3.05) is 13.2 Å². The second-order valence-electron chi connectivity index (χ2n) is 5.50. The second-order valence-corrected chi connectivity index (χ2v) is 5.50. The second kappa shape index (κ2) is 12.4. The van der Waals surface area contributed by atoms with E-state index in [-0.39, 0.29) is 19.0 Å². The maximum absolute atomic E-state index is 11.5. The fourth-order valence-electron chi connectivity index (χ4n) is 2.16. The van der Waals surface area contributed by atoms with E-state index in [1.54, 1.807) is 6.92 Å². The Morgan fingerprint density at radius 2 is 1.88 bits per heavy atom. The first-order valence-electron chi connectivity index (χ1n) is 8.40. The molecule has 0 spiro atoms. The van der Waals surface area contributed by atoms with E-state index in [9.17, 15) is 14.7 Å². The van der Waals surface area contributed by atoms with Crippen LogP contribution < -0.4 is 5.32 Å². The molecule has 1 amide bonds. The van der Waals surface area contributed by atoms with Crippen LogP contribution in [0.2, 0.25) is 0 Å². The number of aliphatic hydroxyl groups is 1. The third-order valence-corrected chi connectivity index (χ3v) is 3.40. The predicted octanol–water partition coefficient (Wildman–Crippen LogP) is 2.79. The Kier molecular flexibility index (Phi) is 10.3. The van der Waals surface area contributed by atoms with Crippen molar-refractivity contribution in [3.8, 4) is 0 Å². The van der Waals surface area contributed by atoms with Gasteiger partial charge in [-0.25, -0.2) is 4.79 Å². The number of nitrogens with one attached hydrogen (secondary N) is 1. The summed E-state index contributed by atoms with van der Waals surface area (Å²) in [5.74, 6) is -0.368. The molecule has 1 unspecified atom stereocenters. The van der Waals surface area contributed by atoms with Gasteiger partial charge in [0.2, 0.25) is 0 Å². The average Bonchev–Trinajstić information content (AvgIpc) is 2.57. The van der Waals surface area contributed by atoms with Crippen molar-refractivity contribution in [1.29, 1.82) is 0 Å². The third kappa shape index (κ3) is 9.84. The summed E-state index contributed by atoms with van der Waals surface area (Å²) < 4.78 is 9.88. The van der Waals surface area contributed by atoms with Gasteiger partial charge in [0.25, 0.3) is 0 Å². The predicted molar refractivity (Wildman–Crippen MR) is 90.4 cm³/mol. The lowest BCUT2D eigenvalue weighted by molar-refractivity contribution is -0.145. The molecule has 1 rings (SSSR count). The van der Waals surface area contributed by atoms with Gasteiger partial charge in [0.05, 0.1) is 19.1 Å². The molecule has 0 aromatic heterocycles. The van der Waals surface area contributed by atoms with Crippen LogP contribution in [0, 0.1) is 0 Å². The van der Waals surface area contributed by atoms with Crippen LogP contribution in [0.1, 0.15) is 44.6 Å². The van der Waals surface area contributed by atoms with Gasteiger partial charge in [-0.2, -0.15) is 0 Å². The van der Waals surface area contributed by atoms with Crippen molar-refractivity contribution < 1.29 is 24.2 Å². The quantitative estimate of drug-likeness (QED) is 0.479. The number of hydrogen-bond acceptors (Lipinski definition) is 5. The summed E-state index contributed by atoms with van der Waals surface area (Å²) >= 11 is 0. The van der Waals surface area contributed by atoms with Crippen molar-refractivity contribution in [1.82, 2.24) is 5.32 Å². The molecule has 0 heterocycles. The highest BCUT2D eigenvalue weighted by molar-refractivity contribution is 5.69. The Morgan fingerprint density at radius 3 is 2.58 bits per heavy atom. The topological polar surface area (TPSA) is 84.9 Å². The SMILES string of the molecule is CCOC(=O)CC(O)CCCCCNC(=O)OCc1ccccc1. The molecule has 0 saturated heterocycles. The van der Waals surface area contributed by atoms with Gasteiger partial charge in [-0.05, 0) is 25.3 Å². The number of aliphatic hydroxyl groups excluding tert-OH is 1. The Hall–Kier alpha value is -2.08. The zero-order valence-corrected chi connectivity index (χ0v) is 14.2. The molecule has 1 aromatic carbocycles. The maximum Gasteiger partial charge on any atom is 0.407 e. The Bertz CT molecular complexity index is 478. The number of ether oxygens (including phenoxy) is 2. The van der Waals surface area contributed by atoms with E-state index in [1.807, 2.05) is 30.3 Å². The fraction of sp³-hybridized carbons (Fsp3) is 0.556. The molecule has 0 bridgehead atoms. The minimum Gasteiger partial charge on any atom is -0.466 e. The van der Waals surface area contributed by atoms with E-state index in [4.69, 9.17) is 9.47 Å². The fourth-order valence-corrected chi connectivity index (χ4v) is 2.16. The van der Waals surface area contributed by atoms with E-state index in [1.165, 1.54) is 0 Å². The first-order chi connectivity index (χ1) is 11.6. The number of unbranched alkanes of at least 4 members (excludes halogenated alkanes) is 2. The molecule has 0 aliphatic rings. The van der Waals surface area contributed by atoms with Gasteiger partial charge in [0.1, 0.15) is 6.61 Å². The number of benzene rings is 1. The Morgan fingerprint density at radius 1 is 1.12 bits per heavy atom. The highest BCUT2D eigenvalue weighted by Gasteiger charge is 2.11. The molecule has 6 heteroatoms. The Labute approximate surface area is 143 Å². The smallest absolute Gasteiger partial charge is 0.407 e. The summed E-state index contributed by atoms with van der Waals surface area (Å²) in [4.78, 5) is 22.7. The minimum atomic E-state index is -0.659. The van der Waals surface area contributed by atoms with Crippen LogP contribution in [-0.4, -0.2) is 36.4 Å². The first-order valence-corrected chi connectivity index (χ1v) is 8.40. The van der Waals surface area contributed by atoms with Crippen molar-refractivity contribution in [2.45, 2.75) is 51.7 Å². The van der Waals surface area contributed by atoms with Gasteiger partial charge in [0.15, 0.2) is 0 Å². The molecular formula is C18H27NO5. The van der Waals surface area contributed by atoms with E-state index in [0.29, 0.717) is 19.6 Å². The summed E-state index contributed by atoms with van der Waals surface area (Å²) in [6.45, 7) is 2.86. The van der Waals surface area contributed by atoms with Crippen LogP contribution in [0.3, 0.4) is 0 Å². The number of hydrogen-bond donors (Lipinski definition) is 2. The molecule has 134 valence electrons. The number of alkyl carbamates (subject to hydrolysis) is 1. The molecule has 6 nitrogen and oxygen atoms in total. The van der Waals surface area contributed by atoms with E-state index < -0.39 is 12.2 Å². The van der Waals surface area contributed by atoms with E-state index >= 15 is 0 Å². The largest absolute Gasteiger partial charge is 0.466 e. The van der Waals surface area contributed by atoms with Crippen molar-refractivity contribution in [2.24, 2.45) is 0 Å². The summed E-state index contributed by atoms with van der Waals surface area (Å²) in [5, 5.41) is 12.4. The van der Waals surface area contributed by atoms with Gasteiger partial charge in [-0.15, -0.1) is 0 Å². The molecule has 1 atom stereocenters. The molecule has 24 heavy (non-hydrogen) atoms. The summed E-state index contributed by atoms with van der Waals surface area (Å²) in [7, 11) is 0. The monoisotopic (exact) mass is 337 g/mol. The molecular weight excluding hydrogens is 310 g/mol. The molecule has 0 aliphatic heterocycles. The normalized spacial score (nSPS) is 11.6. The molecule has 0 fully saturated rings. The van der Waals surface area contributed by atoms with Crippen LogP contribution in [0.15, 0.2) is 30.3 Å². The van der Waals surface area contributed by atoms with Crippen LogP contribution >= 0.6 is 0 Å². The van der Waals surface area contributed by atoms with Gasteiger partial charge in [-0.3, -0.25) is 4.79 Å². The number of rotatable bonds is 11. The molecule has 0 saturated carbocycles. The number of carbonyl (C=O) groups is 2.